The average Bonchev–Trinajstić information content (AvgIpc) is 3.09. The molecule has 1 aliphatic carbocycles. The fraction of sp³-hybridized carbons (Fsp3) is 0.526. The maximum absolute atomic E-state index is 13.8. The van der Waals surface area contributed by atoms with Crippen molar-refractivity contribution in [3.05, 3.63) is 108 Å². The number of ether oxygens (including phenoxy) is 5. The Hall–Kier alpha value is -2.35. The van der Waals surface area contributed by atoms with Gasteiger partial charge in [0.25, 0.3) is 0 Å². The van der Waals surface area contributed by atoms with E-state index in [1.165, 1.54) is 6.42 Å². The van der Waals surface area contributed by atoms with Crippen LogP contribution < -0.4 is 0 Å². The molecule has 0 aromatic heterocycles. The van der Waals surface area contributed by atoms with Gasteiger partial charge in [-0.05, 0) is 36.0 Å². The van der Waals surface area contributed by atoms with Crippen molar-refractivity contribution in [1.29, 1.82) is 0 Å². The van der Waals surface area contributed by atoms with Crippen LogP contribution in [0.15, 0.2) is 91.0 Å². The molecular formula is C38H51O7P. The third-order valence-electron chi connectivity index (χ3n) is 9.11. The molecule has 0 radical (unpaired) electrons. The molecule has 1 aliphatic heterocycles. The quantitative estimate of drug-likeness (QED) is 0.144. The van der Waals surface area contributed by atoms with Crippen LogP contribution in [0, 0.1) is 0 Å². The summed E-state index contributed by atoms with van der Waals surface area (Å²) in [5, 5.41) is -0.500. The first-order valence-electron chi connectivity index (χ1n) is 16.9. The maximum Gasteiger partial charge on any atom is 0.197 e. The van der Waals surface area contributed by atoms with Crippen molar-refractivity contribution >= 4 is 8.03 Å². The largest absolute Gasteiger partial charge is 0.374 e. The zero-order valence-electron chi connectivity index (χ0n) is 27.6. The average molecular weight is 651 g/mol. The molecule has 0 N–H and O–H groups in total. The molecule has 0 spiro atoms. The van der Waals surface area contributed by atoms with Crippen LogP contribution in [0.4, 0.5) is 0 Å². The van der Waals surface area contributed by atoms with Gasteiger partial charge in [0.05, 0.1) is 32.5 Å². The number of benzene rings is 3. The molecule has 46 heavy (non-hydrogen) atoms. The summed E-state index contributed by atoms with van der Waals surface area (Å²) in [6, 6.07) is 30.2. The number of hydrogen-bond donors (Lipinski definition) is 0. The number of rotatable bonds is 16. The van der Waals surface area contributed by atoms with Crippen molar-refractivity contribution in [2.24, 2.45) is 0 Å². The zero-order chi connectivity index (χ0) is 32.2. The summed E-state index contributed by atoms with van der Waals surface area (Å²) in [4.78, 5) is 0. The first kappa shape index (κ1) is 35.0. The molecule has 8 heteroatoms. The van der Waals surface area contributed by atoms with E-state index in [2.05, 4.69) is 0 Å². The zero-order valence-corrected chi connectivity index (χ0v) is 28.6. The van der Waals surface area contributed by atoms with Gasteiger partial charge in [-0.15, -0.1) is 0 Å². The van der Waals surface area contributed by atoms with Crippen molar-refractivity contribution in [1.82, 2.24) is 0 Å². The van der Waals surface area contributed by atoms with E-state index < -0.39 is 43.9 Å². The molecule has 1 unspecified atom stereocenters. The van der Waals surface area contributed by atoms with Gasteiger partial charge >= 0.3 is 0 Å². The van der Waals surface area contributed by atoms with Gasteiger partial charge in [0, 0.05) is 5.16 Å². The van der Waals surface area contributed by atoms with Crippen LogP contribution in [0.3, 0.4) is 0 Å². The molecule has 2 aliphatic rings. The highest BCUT2D eigenvalue weighted by molar-refractivity contribution is 7.41. The Balaban J connectivity index is 1.46. The summed E-state index contributed by atoms with van der Waals surface area (Å²) in [5.41, 5.74) is 3.14. The lowest BCUT2D eigenvalue weighted by Gasteiger charge is -2.47. The van der Waals surface area contributed by atoms with Crippen molar-refractivity contribution in [3.8, 4) is 0 Å². The SMILES string of the molecule is CCC(C)(C)[PH](=O)O[C@H]1[C@@H](OC2CCCCC2)O[C@H](COCc2ccccc2)[C@@H](OCc2ccccc2)[C@@H]1OCc1ccccc1. The lowest BCUT2D eigenvalue weighted by atomic mass is 9.96. The maximum atomic E-state index is 13.8. The van der Waals surface area contributed by atoms with Gasteiger partial charge < -0.3 is 28.2 Å². The highest BCUT2D eigenvalue weighted by Gasteiger charge is 2.51. The second kappa shape index (κ2) is 17.7. The first-order chi connectivity index (χ1) is 22.4. The molecule has 0 amide bonds. The van der Waals surface area contributed by atoms with Gasteiger partial charge in [-0.1, -0.05) is 131 Å². The Kier molecular flexibility index (Phi) is 13.5. The molecule has 5 rings (SSSR count). The van der Waals surface area contributed by atoms with Crippen LogP contribution in [-0.4, -0.2) is 48.6 Å². The molecule has 1 saturated heterocycles. The molecule has 3 aromatic carbocycles. The summed E-state index contributed by atoms with van der Waals surface area (Å²) in [6.07, 6.45) is 2.85. The topological polar surface area (TPSA) is 72.5 Å². The summed E-state index contributed by atoms with van der Waals surface area (Å²) >= 11 is 0. The van der Waals surface area contributed by atoms with E-state index in [4.69, 9.17) is 28.2 Å². The summed E-state index contributed by atoms with van der Waals surface area (Å²) in [5.74, 6) is 0. The van der Waals surface area contributed by atoms with Gasteiger partial charge in [-0.25, -0.2) is 0 Å². The summed E-state index contributed by atoms with van der Waals surface area (Å²) < 4.78 is 53.6. The van der Waals surface area contributed by atoms with Crippen LogP contribution in [0.2, 0.25) is 0 Å². The third kappa shape index (κ3) is 10.1. The Morgan fingerprint density at radius 2 is 1.24 bits per heavy atom. The number of hydrogen-bond acceptors (Lipinski definition) is 7. The minimum absolute atomic E-state index is 0.0359. The lowest BCUT2D eigenvalue weighted by Crippen LogP contribution is -2.62. The van der Waals surface area contributed by atoms with E-state index in [-0.39, 0.29) is 12.7 Å². The van der Waals surface area contributed by atoms with Crippen LogP contribution in [0.5, 0.6) is 0 Å². The molecule has 250 valence electrons. The Labute approximate surface area is 275 Å². The van der Waals surface area contributed by atoms with Crippen LogP contribution in [0.1, 0.15) is 76.0 Å². The molecule has 1 saturated carbocycles. The van der Waals surface area contributed by atoms with E-state index >= 15 is 0 Å². The predicted octanol–water partition coefficient (Wildman–Crippen LogP) is 8.50. The van der Waals surface area contributed by atoms with Gasteiger partial charge in [0.1, 0.15) is 24.4 Å². The fourth-order valence-corrected chi connectivity index (χ4v) is 6.96. The minimum atomic E-state index is -2.54. The van der Waals surface area contributed by atoms with Crippen molar-refractivity contribution in [3.63, 3.8) is 0 Å². The molecule has 1 heterocycles. The van der Waals surface area contributed by atoms with Gasteiger partial charge in [-0.2, -0.15) is 0 Å². The Bertz CT molecular complexity index is 1300. The Morgan fingerprint density at radius 1 is 0.717 bits per heavy atom. The van der Waals surface area contributed by atoms with Gasteiger partial charge in [-0.3, -0.25) is 4.57 Å². The normalized spacial score (nSPS) is 24.9. The molecule has 7 nitrogen and oxygen atoms in total. The van der Waals surface area contributed by atoms with E-state index in [1.54, 1.807) is 0 Å². The highest BCUT2D eigenvalue weighted by atomic mass is 31.1. The summed E-state index contributed by atoms with van der Waals surface area (Å²) in [6.45, 7) is 7.40. The monoisotopic (exact) mass is 650 g/mol. The van der Waals surface area contributed by atoms with Gasteiger partial charge in [0.15, 0.2) is 14.3 Å². The Morgan fingerprint density at radius 3 is 1.78 bits per heavy atom. The van der Waals surface area contributed by atoms with Crippen LogP contribution in [0.25, 0.3) is 0 Å². The smallest absolute Gasteiger partial charge is 0.197 e. The van der Waals surface area contributed by atoms with Crippen molar-refractivity contribution in [2.45, 2.75) is 121 Å². The first-order valence-corrected chi connectivity index (χ1v) is 18.2. The van der Waals surface area contributed by atoms with E-state index in [0.29, 0.717) is 26.2 Å². The van der Waals surface area contributed by atoms with E-state index in [0.717, 1.165) is 42.4 Å². The van der Waals surface area contributed by atoms with Crippen LogP contribution >= 0.6 is 8.03 Å². The van der Waals surface area contributed by atoms with Gasteiger partial charge in [0.2, 0.25) is 0 Å². The third-order valence-corrected chi connectivity index (χ3v) is 11.1. The fourth-order valence-electron chi connectivity index (χ4n) is 5.86. The standard InChI is InChI=1S/C38H51O7P/c1-4-38(2,3)46(39)45-36-35(42-27-31-21-13-7-14-22-31)34(41-26-30-19-11-6-12-20-30)33(28-40-25-29-17-9-5-10-18-29)44-37(36)43-32-23-15-8-16-24-32/h5-7,9-14,17-22,32-37,46H,4,8,15-16,23-28H2,1-3H3/t33-,34-,35+,36-,37+/m1/s1. The van der Waals surface area contributed by atoms with E-state index in [9.17, 15) is 4.57 Å². The second-order valence-electron chi connectivity index (χ2n) is 13.1. The molecular weight excluding hydrogens is 599 g/mol. The van der Waals surface area contributed by atoms with Crippen LogP contribution in [-0.2, 0) is 52.6 Å². The summed E-state index contributed by atoms with van der Waals surface area (Å²) in [7, 11) is -2.54. The molecule has 6 atom stereocenters. The molecule has 2 fully saturated rings. The molecule has 0 bridgehead atoms. The van der Waals surface area contributed by atoms with E-state index in [1.807, 2.05) is 112 Å². The highest BCUT2D eigenvalue weighted by Crippen LogP contribution is 2.46. The van der Waals surface area contributed by atoms with Crippen molar-refractivity contribution in [2.75, 3.05) is 6.61 Å². The lowest BCUT2D eigenvalue weighted by molar-refractivity contribution is -0.323. The molecule has 3 aromatic rings. The van der Waals surface area contributed by atoms with Crippen molar-refractivity contribution < 1.29 is 32.8 Å². The predicted molar refractivity (Wildman–Crippen MR) is 181 cm³/mol. The minimum Gasteiger partial charge on any atom is -0.374 e. The second-order valence-corrected chi connectivity index (χ2v) is 15.2.